The van der Waals surface area contributed by atoms with Gasteiger partial charge in [0.1, 0.15) is 17.2 Å². The van der Waals surface area contributed by atoms with E-state index in [0.717, 1.165) is 29.6 Å². The number of halogens is 1. The van der Waals surface area contributed by atoms with Gasteiger partial charge in [0.2, 0.25) is 0 Å². The molecule has 0 fully saturated rings. The van der Waals surface area contributed by atoms with Crippen molar-refractivity contribution in [1.29, 1.82) is 0 Å². The van der Waals surface area contributed by atoms with Gasteiger partial charge in [-0.15, -0.1) is 0 Å². The number of hydrogen-bond donors (Lipinski definition) is 1. The van der Waals surface area contributed by atoms with Gasteiger partial charge in [-0.3, -0.25) is 0 Å². The molecule has 0 bridgehead atoms. The highest BCUT2D eigenvalue weighted by Crippen LogP contribution is 2.31. The molecule has 0 spiro atoms. The van der Waals surface area contributed by atoms with Gasteiger partial charge in [-0.05, 0) is 37.5 Å². The number of nitrogens with two attached hydrogens (primary N) is 1. The van der Waals surface area contributed by atoms with E-state index in [1.165, 1.54) is 12.1 Å². The van der Waals surface area contributed by atoms with Gasteiger partial charge in [0.15, 0.2) is 0 Å². The summed E-state index contributed by atoms with van der Waals surface area (Å²) >= 11 is 0. The van der Waals surface area contributed by atoms with E-state index in [-0.39, 0.29) is 11.9 Å². The van der Waals surface area contributed by atoms with E-state index >= 15 is 0 Å². The molecule has 0 aliphatic rings. The molecule has 2 nitrogen and oxygen atoms in total. The Morgan fingerprint density at radius 2 is 2.11 bits per heavy atom. The molecule has 0 radical (unpaired) electrons. The summed E-state index contributed by atoms with van der Waals surface area (Å²) in [4.78, 5) is 0. The minimum Gasteiger partial charge on any atom is -0.459 e. The molecule has 0 saturated heterocycles. The Hall–Kier alpha value is -1.35. The fourth-order valence-electron chi connectivity index (χ4n) is 2.27. The van der Waals surface area contributed by atoms with Crippen LogP contribution in [0.5, 0.6) is 0 Å². The molecule has 0 amide bonds. The molecule has 0 aliphatic carbocycles. The number of furan rings is 1. The summed E-state index contributed by atoms with van der Waals surface area (Å²) in [6.45, 7) is 6.27. The highest BCUT2D eigenvalue weighted by Gasteiger charge is 2.18. The topological polar surface area (TPSA) is 39.2 Å². The maximum atomic E-state index is 13.2. The summed E-state index contributed by atoms with van der Waals surface area (Å²) in [5, 5.41) is 0.824. The Labute approximate surface area is 107 Å². The van der Waals surface area contributed by atoms with E-state index < -0.39 is 0 Å². The SMILES string of the molecule is CCC(C)CC(N)c1oc2ccc(F)cc2c1C. The van der Waals surface area contributed by atoms with Gasteiger partial charge in [0, 0.05) is 10.9 Å². The first-order chi connectivity index (χ1) is 8.52. The van der Waals surface area contributed by atoms with Crippen LogP contribution >= 0.6 is 0 Å². The van der Waals surface area contributed by atoms with E-state index in [2.05, 4.69) is 13.8 Å². The summed E-state index contributed by atoms with van der Waals surface area (Å²) in [7, 11) is 0. The molecule has 18 heavy (non-hydrogen) atoms. The lowest BCUT2D eigenvalue weighted by Gasteiger charge is -2.14. The van der Waals surface area contributed by atoms with Crippen molar-refractivity contribution in [2.75, 3.05) is 0 Å². The smallest absolute Gasteiger partial charge is 0.134 e. The van der Waals surface area contributed by atoms with Gasteiger partial charge in [0.25, 0.3) is 0 Å². The molecule has 98 valence electrons. The molecular formula is C15H20FNO. The number of benzene rings is 1. The van der Waals surface area contributed by atoms with E-state index in [1.54, 1.807) is 6.07 Å². The van der Waals surface area contributed by atoms with Crippen LogP contribution in [0, 0.1) is 18.7 Å². The van der Waals surface area contributed by atoms with Crippen molar-refractivity contribution in [3.05, 3.63) is 35.3 Å². The molecule has 1 heterocycles. The van der Waals surface area contributed by atoms with E-state index in [9.17, 15) is 4.39 Å². The van der Waals surface area contributed by atoms with Crippen LogP contribution in [0.2, 0.25) is 0 Å². The van der Waals surface area contributed by atoms with Crippen LogP contribution in [0.3, 0.4) is 0 Å². The zero-order chi connectivity index (χ0) is 13.3. The first kappa shape index (κ1) is 13.1. The highest BCUT2D eigenvalue weighted by atomic mass is 19.1. The maximum Gasteiger partial charge on any atom is 0.134 e. The fourth-order valence-corrected chi connectivity index (χ4v) is 2.27. The van der Waals surface area contributed by atoms with Gasteiger partial charge in [-0.1, -0.05) is 20.3 Å². The molecule has 1 aromatic carbocycles. The van der Waals surface area contributed by atoms with Crippen molar-refractivity contribution >= 4 is 11.0 Å². The number of rotatable bonds is 4. The maximum absolute atomic E-state index is 13.2. The Morgan fingerprint density at radius 3 is 2.78 bits per heavy atom. The number of aryl methyl sites for hydroxylation is 1. The quantitative estimate of drug-likeness (QED) is 0.876. The van der Waals surface area contributed by atoms with Crippen LogP contribution in [-0.4, -0.2) is 0 Å². The predicted molar refractivity (Wildman–Crippen MR) is 71.9 cm³/mol. The summed E-state index contributed by atoms with van der Waals surface area (Å²) in [6, 6.07) is 4.47. The zero-order valence-corrected chi connectivity index (χ0v) is 11.2. The lowest BCUT2D eigenvalue weighted by molar-refractivity contribution is 0.406. The third kappa shape index (κ3) is 2.41. The van der Waals surface area contributed by atoms with E-state index in [0.29, 0.717) is 11.5 Å². The number of hydrogen-bond acceptors (Lipinski definition) is 2. The average molecular weight is 249 g/mol. The lowest BCUT2D eigenvalue weighted by Crippen LogP contribution is -2.14. The van der Waals surface area contributed by atoms with Crippen molar-refractivity contribution < 1.29 is 8.81 Å². The van der Waals surface area contributed by atoms with Crippen molar-refractivity contribution in [1.82, 2.24) is 0 Å². The monoisotopic (exact) mass is 249 g/mol. The second-order valence-corrected chi connectivity index (χ2v) is 5.09. The first-order valence-electron chi connectivity index (χ1n) is 6.47. The Kier molecular flexibility index (Phi) is 3.71. The molecule has 2 N–H and O–H groups in total. The number of fused-ring (bicyclic) bond motifs is 1. The minimum atomic E-state index is -0.242. The second-order valence-electron chi connectivity index (χ2n) is 5.09. The van der Waals surface area contributed by atoms with Gasteiger partial charge >= 0.3 is 0 Å². The van der Waals surface area contributed by atoms with Crippen molar-refractivity contribution in [3.8, 4) is 0 Å². The van der Waals surface area contributed by atoms with Gasteiger partial charge in [-0.2, -0.15) is 0 Å². The molecular weight excluding hydrogens is 229 g/mol. The van der Waals surface area contributed by atoms with E-state index in [4.69, 9.17) is 10.2 Å². The summed E-state index contributed by atoms with van der Waals surface area (Å²) in [5.41, 5.74) is 7.86. The molecule has 3 heteroatoms. The minimum absolute atomic E-state index is 0.115. The molecule has 2 atom stereocenters. The second kappa shape index (κ2) is 5.11. The molecule has 1 aromatic heterocycles. The van der Waals surface area contributed by atoms with Crippen LogP contribution in [0.25, 0.3) is 11.0 Å². The molecule has 0 saturated carbocycles. The Balaban J connectivity index is 2.36. The Bertz CT molecular complexity index is 547. The van der Waals surface area contributed by atoms with Crippen molar-refractivity contribution in [2.45, 2.75) is 39.7 Å². The third-order valence-corrected chi connectivity index (χ3v) is 3.63. The lowest BCUT2D eigenvalue weighted by atomic mass is 9.96. The fraction of sp³-hybridized carbons (Fsp3) is 0.467. The van der Waals surface area contributed by atoms with Crippen molar-refractivity contribution in [2.24, 2.45) is 11.7 Å². The standard InChI is InChI=1S/C15H20FNO/c1-4-9(2)7-13(17)15-10(3)12-8-11(16)5-6-14(12)18-15/h5-6,8-9,13H,4,7,17H2,1-3H3. The predicted octanol–water partition coefficient (Wildman–Crippen LogP) is 4.32. The molecule has 2 aromatic rings. The molecule has 2 rings (SSSR count). The zero-order valence-electron chi connectivity index (χ0n) is 11.2. The van der Waals surface area contributed by atoms with E-state index in [1.807, 2.05) is 6.92 Å². The normalized spacial score (nSPS) is 14.9. The highest BCUT2D eigenvalue weighted by molar-refractivity contribution is 5.82. The van der Waals surface area contributed by atoms with Crippen LogP contribution in [0.15, 0.2) is 22.6 Å². The van der Waals surface area contributed by atoms with Gasteiger partial charge in [-0.25, -0.2) is 4.39 Å². The largest absolute Gasteiger partial charge is 0.459 e. The third-order valence-electron chi connectivity index (χ3n) is 3.63. The average Bonchev–Trinajstić information content (AvgIpc) is 2.66. The van der Waals surface area contributed by atoms with Crippen LogP contribution in [0.4, 0.5) is 4.39 Å². The van der Waals surface area contributed by atoms with Crippen LogP contribution in [0.1, 0.15) is 44.1 Å². The molecule has 2 unspecified atom stereocenters. The first-order valence-corrected chi connectivity index (χ1v) is 6.47. The van der Waals surface area contributed by atoms with Crippen LogP contribution in [-0.2, 0) is 0 Å². The van der Waals surface area contributed by atoms with Crippen molar-refractivity contribution in [3.63, 3.8) is 0 Å². The molecule has 0 aliphatic heterocycles. The summed E-state index contributed by atoms with van der Waals surface area (Å²) < 4.78 is 19.0. The van der Waals surface area contributed by atoms with Gasteiger partial charge in [0.05, 0.1) is 6.04 Å². The van der Waals surface area contributed by atoms with Gasteiger partial charge < -0.3 is 10.2 Å². The summed E-state index contributed by atoms with van der Waals surface area (Å²) in [6.07, 6.45) is 1.99. The Morgan fingerprint density at radius 1 is 1.39 bits per heavy atom. The summed E-state index contributed by atoms with van der Waals surface area (Å²) in [5.74, 6) is 1.11. The van der Waals surface area contributed by atoms with Crippen LogP contribution < -0.4 is 5.73 Å².